The molecule has 0 aliphatic heterocycles. The summed E-state index contributed by atoms with van der Waals surface area (Å²) >= 11 is 0. The summed E-state index contributed by atoms with van der Waals surface area (Å²) in [5, 5.41) is 7.08. The van der Waals surface area contributed by atoms with Crippen LogP contribution in [0.5, 0.6) is 0 Å². The quantitative estimate of drug-likeness (QED) is 0.720. The number of benzene rings is 2. The Kier molecular flexibility index (Phi) is 4.94. The number of nitrogens with one attached hydrogen (secondary N) is 1. The molecule has 0 unspecified atom stereocenters. The highest BCUT2D eigenvalue weighted by atomic mass is 19.1. The number of hydrogen-bond donors (Lipinski definition) is 1. The van der Waals surface area contributed by atoms with Gasteiger partial charge in [-0.15, -0.1) is 0 Å². The minimum atomic E-state index is -0.512. The average molecular weight is 381 g/mol. The second-order valence-electron chi connectivity index (χ2n) is 7.25. The van der Waals surface area contributed by atoms with Crippen LogP contribution in [0.4, 0.5) is 14.6 Å². The van der Waals surface area contributed by atoms with Gasteiger partial charge in [0.25, 0.3) is 0 Å². The Labute approximate surface area is 162 Å². The van der Waals surface area contributed by atoms with Gasteiger partial charge in [0.2, 0.25) is 5.91 Å². The summed E-state index contributed by atoms with van der Waals surface area (Å²) in [5.41, 5.74) is 4.61. The maximum atomic E-state index is 14.0. The van der Waals surface area contributed by atoms with E-state index < -0.39 is 11.6 Å². The van der Waals surface area contributed by atoms with Crippen molar-refractivity contribution in [1.82, 2.24) is 9.78 Å². The van der Waals surface area contributed by atoms with Crippen LogP contribution >= 0.6 is 0 Å². The highest BCUT2D eigenvalue weighted by molar-refractivity contribution is 5.92. The van der Waals surface area contributed by atoms with Gasteiger partial charge in [0.15, 0.2) is 0 Å². The first-order valence-corrected chi connectivity index (χ1v) is 9.36. The fourth-order valence-corrected chi connectivity index (χ4v) is 3.68. The third-order valence-electron chi connectivity index (χ3n) is 5.14. The molecule has 144 valence electrons. The molecule has 3 aromatic rings. The van der Waals surface area contributed by atoms with Gasteiger partial charge in [0.05, 0.1) is 19.2 Å². The van der Waals surface area contributed by atoms with Crippen LogP contribution in [0.1, 0.15) is 34.2 Å². The summed E-state index contributed by atoms with van der Waals surface area (Å²) in [4.78, 5) is 12.6. The molecule has 4 rings (SSSR count). The average Bonchev–Trinajstić information content (AvgIpc) is 3.26. The van der Waals surface area contributed by atoms with E-state index in [0.717, 1.165) is 42.2 Å². The van der Waals surface area contributed by atoms with Gasteiger partial charge in [-0.1, -0.05) is 18.2 Å². The fourth-order valence-electron chi connectivity index (χ4n) is 3.68. The molecule has 1 aliphatic carbocycles. The number of anilines is 1. The van der Waals surface area contributed by atoms with Crippen LogP contribution in [0.25, 0.3) is 0 Å². The van der Waals surface area contributed by atoms with Crippen molar-refractivity contribution in [1.29, 1.82) is 0 Å². The summed E-state index contributed by atoms with van der Waals surface area (Å²) in [5.74, 6) is -0.690. The van der Waals surface area contributed by atoms with E-state index in [-0.39, 0.29) is 24.4 Å². The Morgan fingerprint density at radius 1 is 1.14 bits per heavy atom. The molecule has 6 heteroatoms. The predicted octanol–water partition coefficient (Wildman–Crippen LogP) is 4.19. The molecule has 0 spiro atoms. The number of hydrogen-bond acceptors (Lipinski definition) is 2. The van der Waals surface area contributed by atoms with Crippen molar-refractivity contribution in [2.24, 2.45) is 0 Å². The van der Waals surface area contributed by atoms with Crippen LogP contribution in [0.3, 0.4) is 0 Å². The first kappa shape index (κ1) is 18.3. The van der Waals surface area contributed by atoms with Crippen molar-refractivity contribution in [3.05, 3.63) is 82.0 Å². The Morgan fingerprint density at radius 2 is 1.96 bits per heavy atom. The Bertz CT molecular complexity index is 1040. The van der Waals surface area contributed by atoms with Crippen LogP contribution in [0.15, 0.2) is 42.6 Å². The molecule has 0 atom stereocenters. The van der Waals surface area contributed by atoms with Crippen molar-refractivity contribution in [2.75, 3.05) is 5.32 Å². The number of carbonyl (C=O) groups excluding carboxylic acids is 1. The molecule has 28 heavy (non-hydrogen) atoms. The van der Waals surface area contributed by atoms with Gasteiger partial charge in [0.1, 0.15) is 17.5 Å². The van der Waals surface area contributed by atoms with Crippen molar-refractivity contribution < 1.29 is 13.6 Å². The highest BCUT2D eigenvalue weighted by Gasteiger charge is 2.16. The van der Waals surface area contributed by atoms with Crippen molar-refractivity contribution >= 4 is 11.7 Å². The summed E-state index contributed by atoms with van der Waals surface area (Å²) in [6.07, 6.45) is 5.20. The number of carbonyl (C=O) groups is 1. The third-order valence-corrected chi connectivity index (χ3v) is 5.14. The number of nitrogens with zero attached hydrogens (tertiary/aromatic N) is 2. The van der Waals surface area contributed by atoms with Gasteiger partial charge in [0, 0.05) is 11.1 Å². The zero-order chi connectivity index (χ0) is 19.7. The number of aryl methyl sites for hydroxylation is 3. The van der Waals surface area contributed by atoms with Crippen molar-refractivity contribution in [3.63, 3.8) is 0 Å². The Hall–Kier alpha value is -3.02. The van der Waals surface area contributed by atoms with Crippen LogP contribution in [0, 0.1) is 18.6 Å². The molecule has 0 radical (unpaired) electrons. The van der Waals surface area contributed by atoms with Gasteiger partial charge >= 0.3 is 0 Å². The zero-order valence-corrected chi connectivity index (χ0v) is 15.6. The second kappa shape index (κ2) is 7.54. The third kappa shape index (κ3) is 3.81. The lowest BCUT2D eigenvalue weighted by Gasteiger charge is -2.11. The van der Waals surface area contributed by atoms with E-state index in [1.54, 1.807) is 6.20 Å². The monoisotopic (exact) mass is 381 g/mol. The van der Waals surface area contributed by atoms with Gasteiger partial charge in [-0.25, -0.2) is 13.5 Å². The molecule has 1 aromatic heterocycles. The highest BCUT2D eigenvalue weighted by Crippen LogP contribution is 2.23. The smallest absolute Gasteiger partial charge is 0.229 e. The molecular formula is C22H21F2N3O. The number of halogens is 2. The summed E-state index contributed by atoms with van der Waals surface area (Å²) in [6.45, 7) is 1.85. The van der Waals surface area contributed by atoms with E-state index in [1.165, 1.54) is 22.2 Å². The van der Waals surface area contributed by atoms with Gasteiger partial charge in [-0.05, 0) is 61.1 Å². The van der Waals surface area contributed by atoms with Crippen molar-refractivity contribution in [2.45, 2.75) is 39.2 Å². The Morgan fingerprint density at radius 3 is 2.82 bits per heavy atom. The number of rotatable bonds is 5. The molecule has 1 amide bonds. The van der Waals surface area contributed by atoms with E-state index in [0.29, 0.717) is 5.82 Å². The molecule has 1 N–H and O–H groups in total. The summed E-state index contributed by atoms with van der Waals surface area (Å²) in [6, 6.07) is 9.51. The molecule has 0 bridgehead atoms. The maximum Gasteiger partial charge on any atom is 0.229 e. The van der Waals surface area contributed by atoms with Crippen LogP contribution in [-0.4, -0.2) is 15.7 Å². The first-order valence-electron chi connectivity index (χ1n) is 9.36. The predicted molar refractivity (Wildman–Crippen MR) is 103 cm³/mol. The fraction of sp³-hybridized carbons (Fsp3) is 0.273. The topological polar surface area (TPSA) is 46.9 Å². The summed E-state index contributed by atoms with van der Waals surface area (Å²) in [7, 11) is 0. The second-order valence-corrected chi connectivity index (χ2v) is 7.25. The zero-order valence-electron chi connectivity index (χ0n) is 15.6. The standard InChI is InChI=1S/C22H21F2N3O/c1-14-12-25-27(13-18-11-19(23)7-8-20(18)24)22(14)26-21(28)10-15-5-6-16-3-2-4-17(16)9-15/h5-9,11-12H,2-4,10,13H2,1H3,(H,26,28). The molecular weight excluding hydrogens is 360 g/mol. The first-order chi connectivity index (χ1) is 13.5. The molecule has 4 nitrogen and oxygen atoms in total. The van der Waals surface area contributed by atoms with Gasteiger partial charge in [-0.3, -0.25) is 4.79 Å². The minimum Gasteiger partial charge on any atom is -0.310 e. The normalized spacial score (nSPS) is 12.8. The van der Waals surface area contributed by atoms with E-state index in [2.05, 4.69) is 22.5 Å². The van der Waals surface area contributed by atoms with E-state index in [9.17, 15) is 13.6 Å². The van der Waals surface area contributed by atoms with Gasteiger partial charge in [-0.2, -0.15) is 5.10 Å². The summed E-state index contributed by atoms with van der Waals surface area (Å²) < 4.78 is 28.9. The van der Waals surface area contributed by atoms with E-state index >= 15 is 0 Å². The number of aromatic nitrogens is 2. The minimum absolute atomic E-state index is 0.0336. The van der Waals surface area contributed by atoms with Crippen molar-refractivity contribution in [3.8, 4) is 0 Å². The molecule has 1 aliphatic rings. The van der Waals surface area contributed by atoms with Crippen LogP contribution in [-0.2, 0) is 30.6 Å². The van der Waals surface area contributed by atoms with Gasteiger partial charge < -0.3 is 5.32 Å². The lowest BCUT2D eigenvalue weighted by molar-refractivity contribution is -0.115. The molecule has 0 saturated heterocycles. The number of fused-ring (bicyclic) bond motifs is 1. The maximum absolute atomic E-state index is 14.0. The lowest BCUT2D eigenvalue weighted by Crippen LogP contribution is -2.19. The Balaban J connectivity index is 1.49. The van der Waals surface area contributed by atoms with Crippen LogP contribution in [0.2, 0.25) is 0 Å². The molecule has 1 heterocycles. The van der Waals surface area contributed by atoms with E-state index in [1.807, 2.05) is 13.0 Å². The molecule has 0 fully saturated rings. The lowest BCUT2D eigenvalue weighted by atomic mass is 10.0. The molecule has 2 aromatic carbocycles. The molecule has 0 saturated carbocycles. The largest absolute Gasteiger partial charge is 0.310 e. The SMILES string of the molecule is Cc1cnn(Cc2cc(F)ccc2F)c1NC(=O)Cc1ccc2c(c1)CCC2. The van der Waals surface area contributed by atoms with E-state index in [4.69, 9.17) is 0 Å². The number of amides is 1. The van der Waals surface area contributed by atoms with Crippen LogP contribution < -0.4 is 5.32 Å².